The van der Waals surface area contributed by atoms with Gasteiger partial charge in [-0.25, -0.2) is 4.90 Å². The van der Waals surface area contributed by atoms with Crippen LogP contribution in [0.2, 0.25) is 0 Å². The molecule has 0 saturated heterocycles. The zero-order chi connectivity index (χ0) is 22.8. The Morgan fingerprint density at radius 2 is 1.72 bits per heavy atom. The number of nitrogens with zero attached hydrogens (tertiary/aromatic N) is 1. The Morgan fingerprint density at radius 1 is 1.00 bits per heavy atom. The maximum atomic E-state index is 13.0. The van der Waals surface area contributed by atoms with Crippen LogP contribution in [0.1, 0.15) is 56.5 Å². The number of aromatic hydroxyl groups is 1. The van der Waals surface area contributed by atoms with Crippen molar-refractivity contribution in [2.24, 2.45) is 0 Å². The van der Waals surface area contributed by atoms with Gasteiger partial charge in [-0.1, -0.05) is 12.1 Å². The van der Waals surface area contributed by atoms with E-state index in [1.807, 2.05) is 6.92 Å². The maximum Gasteiger partial charge on any atom is 0.266 e. The van der Waals surface area contributed by atoms with Crippen LogP contribution >= 0.6 is 0 Å². The summed E-state index contributed by atoms with van der Waals surface area (Å²) in [6.45, 7) is 4.18. The minimum Gasteiger partial charge on any atom is -0.508 e. The lowest BCUT2D eigenvalue weighted by atomic mass is 10.0. The molecule has 4 rings (SSSR count). The van der Waals surface area contributed by atoms with Crippen molar-refractivity contribution in [1.82, 2.24) is 5.32 Å². The summed E-state index contributed by atoms with van der Waals surface area (Å²) in [4.78, 5) is 39.7. The molecule has 162 valence electrons. The zero-order valence-electron chi connectivity index (χ0n) is 17.7. The Kier molecular flexibility index (Phi) is 5.64. The van der Waals surface area contributed by atoms with Gasteiger partial charge in [-0.05, 0) is 74.0 Å². The number of hydrogen-bond acceptors (Lipinski definition) is 5. The highest BCUT2D eigenvalue weighted by molar-refractivity contribution is 6.34. The van der Waals surface area contributed by atoms with Gasteiger partial charge in [-0.15, -0.1) is 0 Å². The SMILES string of the molecule is CCOc1ccc(N2C(=O)c3ccc(C(=O)NC(C)c4cccc(O)c4)cc3C2=O)cc1. The lowest BCUT2D eigenvalue weighted by molar-refractivity contribution is 0.0921. The molecule has 7 heteroatoms. The van der Waals surface area contributed by atoms with Crippen molar-refractivity contribution in [3.8, 4) is 11.5 Å². The molecular formula is C25H22N2O5. The summed E-state index contributed by atoms with van der Waals surface area (Å²) in [6.07, 6.45) is 0. The van der Waals surface area contributed by atoms with Crippen LogP contribution in [0.15, 0.2) is 66.7 Å². The van der Waals surface area contributed by atoms with E-state index in [2.05, 4.69) is 5.32 Å². The summed E-state index contributed by atoms with van der Waals surface area (Å²) in [5, 5.41) is 12.5. The van der Waals surface area contributed by atoms with Gasteiger partial charge in [0.15, 0.2) is 0 Å². The minimum absolute atomic E-state index is 0.111. The molecule has 1 aliphatic rings. The van der Waals surface area contributed by atoms with Crippen molar-refractivity contribution in [3.63, 3.8) is 0 Å². The second kappa shape index (κ2) is 8.55. The highest BCUT2D eigenvalue weighted by atomic mass is 16.5. The quantitative estimate of drug-likeness (QED) is 0.575. The van der Waals surface area contributed by atoms with Crippen LogP contribution in [-0.2, 0) is 0 Å². The lowest BCUT2D eigenvalue weighted by Gasteiger charge is -2.15. The first-order chi connectivity index (χ1) is 15.4. The smallest absolute Gasteiger partial charge is 0.266 e. The van der Waals surface area contributed by atoms with Crippen LogP contribution in [0, 0.1) is 0 Å². The summed E-state index contributed by atoms with van der Waals surface area (Å²) in [7, 11) is 0. The molecule has 0 bridgehead atoms. The number of carbonyl (C=O) groups is 3. The molecule has 32 heavy (non-hydrogen) atoms. The number of fused-ring (bicyclic) bond motifs is 1. The van der Waals surface area contributed by atoms with Crippen LogP contribution in [0.3, 0.4) is 0 Å². The molecule has 3 amide bonds. The fraction of sp³-hybridized carbons (Fsp3) is 0.160. The summed E-state index contributed by atoms with van der Waals surface area (Å²) in [5.41, 5.74) is 1.88. The van der Waals surface area contributed by atoms with E-state index in [4.69, 9.17) is 4.74 Å². The first-order valence-electron chi connectivity index (χ1n) is 10.2. The number of amides is 3. The van der Waals surface area contributed by atoms with Crippen LogP contribution in [-0.4, -0.2) is 29.4 Å². The van der Waals surface area contributed by atoms with Crippen molar-refractivity contribution in [1.29, 1.82) is 0 Å². The average Bonchev–Trinajstić information content (AvgIpc) is 3.04. The van der Waals surface area contributed by atoms with E-state index in [1.165, 1.54) is 18.2 Å². The molecule has 3 aromatic rings. The fourth-order valence-corrected chi connectivity index (χ4v) is 3.63. The Balaban J connectivity index is 1.55. The third-order valence-electron chi connectivity index (χ3n) is 5.27. The molecule has 1 unspecified atom stereocenters. The van der Waals surface area contributed by atoms with Gasteiger partial charge in [-0.2, -0.15) is 0 Å². The van der Waals surface area contributed by atoms with Crippen molar-refractivity contribution in [3.05, 3.63) is 89.0 Å². The molecule has 0 spiro atoms. The molecule has 3 aromatic carbocycles. The molecule has 1 aliphatic heterocycles. The highest BCUT2D eigenvalue weighted by Crippen LogP contribution is 2.30. The van der Waals surface area contributed by atoms with E-state index >= 15 is 0 Å². The maximum absolute atomic E-state index is 13.0. The number of anilines is 1. The molecule has 2 N–H and O–H groups in total. The zero-order valence-corrected chi connectivity index (χ0v) is 17.7. The van der Waals surface area contributed by atoms with Gasteiger partial charge >= 0.3 is 0 Å². The van der Waals surface area contributed by atoms with Crippen LogP contribution in [0.25, 0.3) is 0 Å². The van der Waals surface area contributed by atoms with Gasteiger partial charge in [0.05, 0.1) is 29.5 Å². The van der Waals surface area contributed by atoms with Crippen LogP contribution in [0.4, 0.5) is 5.69 Å². The Labute approximate surface area is 185 Å². The molecular weight excluding hydrogens is 408 g/mol. The van der Waals surface area contributed by atoms with E-state index < -0.39 is 11.8 Å². The van der Waals surface area contributed by atoms with Gasteiger partial charge in [0.1, 0.15) is 11.5 Å². The molecule has 1 atom stereocenters. The number of ether oxygens (including phenoxy) is 1. The molecule has 0 aromatic heterocycles. The molecule has 0 aliphatic carbocycles. The summed E-state index contributed by atoms with van der Waals surface area (Å²) >= 11 is 0. The molecule has 1 heterocycles. The first kappa shape index (κ1) is 21.1. The normalized spacial score (nSPS) is 13.6. The van der Waals surface area contributed by atoms with E-state index in [0.717, 1.165) is 10.5 Å². The number of phenols is 1. The van der Waals surface area contributed by atoms with Crippen LogP contribution < -0.4 is 15.0 Å². The van der Waals surface area contributed by atoms with E-state index in [0.29, 0.717) is 18.0 Å². The highest BCUT2D eigenvalue weighted by Gasteiger charge is 2.37. The van der Waals surface area contributed by atoms with Gasteiger partial charge in [0, 0.05) is 5.56 Å². The largest absolute Gasteiger partial charge is 0.508 e. The molecule has 7 nitrogen and oxygen atoms in total. The summed E-state index contributed by atoms with van der Waals surface area (Å²) in [6, 6.07) is 17.4. The predicted molar refractivity (Wildman–Crippen MR) is 119 cm³/mol. The van der Waals surface area contributed by atoms with E-state index in [9.17, 15) is 19.5 Å². The molecule has 0 saturated carbocycles. The van der Waals surface area contributed by atoms with Gasteiger partial charge < -0.3 is 15.2 Å². The standard InChI is InChI=1S/C25H22N2O5/c1-3-32-20-10-8-18(9-11-20)27-24(30)21-12-7-17(14-22(21)25(27)31)23(29)26-15(2)16-5-4-6-19(28)13-16/h4-15,28H,3H2,1-2H3,(H,26,29). The van der Waals surface area contributed by atoms with Gasteiger partial charge in [-0.3, -0.25) is 14.4 Å². The topological polar surface area (TPSA) is 95.9 Å². The second-order valence-corrected chi connectivity index (χ2v) is 7.42. The Morgan fingerprint density at radius 3 is 2.41 bits per heavy atom. The number of nitrogens with one attached hydrogen (secondary N) is 1. The fourth-order valence-electron chi connectivity index (χ4n) is 3.63. The Bertz CT molecular complexity index is 1200. The third-order valence-corrected chi connectivity index (χ3v) is 5.27. The van der Waals surface area contributed by atoms with Crippen LogP contribution in [0.5, 0.6) is 11.5 Å². The lowest BCUT2D eigenvalue weighted by Crippen LogP contribution is -2.29. The first-order valence-corrected chi connectivity index (χ1v) is 10.2. The monoisotopic (exact) mass is 430 g/mol. The number of carbonyl (C=O) groups excluding carboxylic acids is 3. The van der Waals surface area contributed by atoms with Gasteiger partial charge in [0.2, 0.25) is 0 Å². The molecule has 0 radical (unpaired) electrons. The van der Waals surface area contributed by atoms with Crippen molar-refractivity contribution in [2.75, 3.05) is 11.5 Å². The molecule has 0 fully saturated rings. The second-order valence-electron chi connectivity index (χ2n) is 7.42. The number of rotatable bonds is 6. The van der Waals surface area contributed by atoms with E-state index in [1.54, 1.807) is 55.5 Å². The van der Waals surface area contributed by atoms with E-state index in [-0.39, 0.29) is 34.4 Å². The average molecular weight is 430 g/mol. The van der Waals surface area contributed by atoms with Gasteiger partial charge in [0.25, 0.3) is 17.7 Å². The number of imide groups is 1. The number of hydrogen-bond donors (Lipinski definition) is 2. The Hall–Kier alpha value is -4.13. The van der Waals surface area contributed by atoms with Crippen molar-refractivity contribution >= 4 is 23.4 Å². The van der Waals surface area contributed by atoms with Crippen molar-refractivity contribution < 1.29 is 24.2 Å². The van der Waals surface area contributed by atoms with Crippen molar-refractivity contribution in [2.45, 2.75) is 19.9 Å². The number of benzene rings is 3. The third kappa shape index (κ3) is 3.92. The predicted octanol–water partition coefficient (Wildman–Crippen LogP) is 4.08. The number of phenolic OH excluding ortho intramolecular Hbond substituents is 1. The summed E-state index contributed by atoms with van der Waals surface area (Å²) < 4.78 is 5.40. The minimum atomic E-state index is -0.482. The summed E-state index contributed by atoms with van der Waals surface area (Å²) in [5.74, 6) is -0.546.